The molecule has 1 saturated heterocycles. The number of amides is 3. The summed E-state index contributed by atoms with van der Waals surface area (Å²) in [5.41, 5.74) is -1.58. The molecular weight excluding hydrogens is 592 g/mol. The third-order valence-electron chi connectivity index (χ3n) is 7.75. The molecule has 1 unspecified atom stereocenters. The van der Waals surface area contributed by atoms with Gasteiger partial charge in [0.05, 0.1) is 29.7 Å². The molecule has 3 amide bonds. The molecule has 2 aromatic rings. The third kappa shape index (κ3) is 7.41. The maximum absolute atomic E-state index is 13.6. The van der Waals surface area contributed by atoms with Crippen LogP contribution in [0.3, 0.4) is 0 Å². The van der Waals surface area contributed by atoms with Crippen LogP contribution in [-0.4, -0.2) is 112 Å². The first-order chi connectivity index (χ1) is 21.5. The van der Waals surface area contributed by atoms with Crippen molar-refractivity contribution in [3.8, 4) is 5.75 Å². The summed E-state index contributed by atoms with van der Waals surface area (Å²) >= 11 is 0. The molecule has 2 fully saturated rings. The predicted molar refractivity (Wildman–Crippen MR) is 156 cm³/mol. The second kappa shape index (κ2) is 14.2. The number of carbonyl (C=O) groups excluding carboxylic acids is 4. The van der Waals surface area contributed by atoms with Gasteiger partial charge in [-0.05, 0) is 51.7 Å². The third-order valence-corrected chi connectivity index (χ3v) is 7.75. The zero-order chi connectivity index (χ0) is 32.7. The Morgan fingerprint density at radius 2 is 1.64 bits per heavy atom. The number of carboxylic acid groups (broad SMARTS) is 2. The smallest absolute Gasteiger partial charge is 0.409 e. The summed E-state index contributed by atoms with van der Waals surface area (Å²) in [5.74, 6) is -4.49. The van der Waals surface area contributed by atoms with Crippen molar-refractivity contribution in [3.63, 3.8) is 0 Å². The van der Waals surface area contributed by atoms with Crippen molar-refractivity contribution in [1.29, 1.82) is 0 Å². The Kier molecular flexibility index (Phi) is 10.4. The highest BCUT2D eigenvalue weighted by Crippen LogP contribution is 2.40. The first-order valence-corrected chi connectivity index (χ1v) is 14.8. The van der Waals surface area contributed by atoms with E-state index < -0.39 is 53.9 Å². The molecule has 1 saturated carbocycles. The second-order valence-electron chi connectivity index (χ2n) is 10.7. The number of hydrogen-bond acceptors (Lipinski definition) is 10. The maximum atomic E-state index is 13.6. The molecule has 45 heavy (non-hydrogen) atoms. The maximum Gasteiger partial charge on any atom is 0.409 e. The van der Waals surface area contributed by atoms with Crippen molar-refractivity contribution in [2.75, 3.05) is 39.4 Å². The van der Waals surface area contributed by atoms with Gasteiger partial charge in [-0.25, -0.2) is 19.4 Å². The van der Waals surface area contributed by atoms with Crippen LogP contribution in [0.5, 0.6) is 5.75 Å². The number of fused-ring (bicyclic) bond motifs is 1. The van der Waals surface area contributed by atoms with Crippen LogP contribution in [0, 0.1) is 0 Å². The summed E-state index contributed by atoms with van der Waals surface area (Å²) in [5, 5.41) is 21.9. The molecule has 15 heteroatoms. The normalized spacial score (nSPS) is 16.2. The van der Waals surface area contributed by atoms with Crippen molar-refractivity contribution >= 4 is 46.7 Å². The van der Waals surface area contributed by atoms with Crippen LogP contribution in [0.25, 0.3) is 10.9 Å². The molecule has 0 spiro atoms. The Morgan fingerprint density at radius 1 is 0.978 bits per heavy atom. The van der Waals surface area contributed by atoms with Crippen LogP contribution in [-0.2, 0) is 23.9 Å². The number of carbonyl (C=O) groups is 6. The van der Waals surface area contributed by atoms with Crippen LogP contribution in [0.15, 0.2) is 24.3 Å². The van der Waals surface area contributed by atoms with E-state index >= 15 is 0 Å². The topological polar surface area (TPSA) is 202 Å². The van der Waals surface area contributed by atoms with Crippen LogP contribution in [0.2, 0.25) is 0 Å². The van der Waals surface area contributed by atoms with Gasteiger partial charge in [-0.3, -0.25) is 14.4 Å². The van der Waals surface area contributed by atoms with E-state index in [1.165, 1.54) is 34.1 Å². The second-order valence-corrected chi connectivity index (χ2v) is 10.7. The first kappa shape index (κ1) is 33.0. The van der Waals surface area contributed by atoms with E-state index in [0.717, 1.165) is 0 Å². The molecule has 1 aliphatic heterocycles. The Bertz CT molecular complexity index is 1480. The summed E-state index contributed by atoms with van der Waals surface area (Å²) in [6, 6.07) is 4.49. The molecule has 1 aromatic carbocycles. The number of nitrogens with zero attached hydrogens (tertiary/aromatic N) is 3. The fourth-order valence-electron chi connectivity index (χ4n) is 5.20. The minimum absolute atomic E-state index is 0.0696. The fourth-order valence-corrected chi connectivity index (χ4v) is 5.20. The lowest BCUT2D eigenvalue weighted by Gasteiger charge is -2.38. The monoisotopic (exact) mass is 628 g/mol. The number of rotatable bonds is 12. The quantitative estimate of drug-likeness (QED) is 0.289. The number of esters is 1. The summed E-state index contributed by atoms with van der Waals surface area (Å²) in [7, 11) is 0. The van der Waals surface area contributed by atoms with Crippen molar-refractivity contribution in [2.24, 2.45) is 0 Å². The lowest BCUT2D eigenvalue weighted by molar-refractivity contribution is -0.163. The molecule has 3 N–H and O–H groups in total. The fraction of sp³-hybridized carbons (Fsp3) is 0.500. The van der Waals surface area contributed by atoms with Crippen LogP contribution >= 0.6 is 0 Å². The number of pyridine rings is 1. The van der Waals surface area contributed by atoms with Gasteiger partial charge in [0.25, 0.3) is 5.91 Å². The lowest BCUT2D eigenvalue weighted by atomic mass is 9.80. The van der Waals surface area contributed by atoms with E-state index in [1.54, 1.807) is 13.8 Å². The molecule has 1 atom stereocenters. The molecule has 0 radical (unpaired) electrons. The van der Waals surface area contributed by atoms with Gasteiger partial charge in [-0.15, -0.1) is 0 Å². The van der Waals surface area contributed by atoms with E-state index in [0.29, 0.717) is 6.42 Å². The number of carboxylic acids is 2. The van der Waals surface area contributed by atoms with Crippen LogP contribution in [0.4, 0.5) is 4.79 Å². The van der Waals surface area contributed by atoms with Gasteiger partial charge in [-0.2, -0.15) is 0 Å². The Morgan fingerprint density at radius 3 is 2.22 bits per heavy atom. The number of nitrogens with one attached hydrogen (secondary N) is 1. The molecule has 1 aromatic heterocycles. The highest BCUT2D eigenvalue weighted by molar-refractivity contribution is 6.08. The SMILES string of the molecule is CCOC(=O)c1cccc2nc(C(=O)NC(CCC(=O)O)C(=O)N3CCN(C(=O)OCC)CC3)cc(OC3(C(=O)O)CCC3)c12. The molecule has 0 bridgehead atoms. The van der Waals surface area contributed by atoms with Crippen molar-refractivity contribution in [1.82, 2.24) is 20.1 Å². The van der Waals surface area contributed by atoms with Crippen molar-refractivity contribution in [3.05, 3.63) is 35.5 Å². The van der Waals surface area contributed by atoms with E-state index in [1.807, 2.05) is 0 Å². The molecule has 4 rings (SSSR count). The summed E-state index contributed by atoms with van der Waals surface area (Å²) in [6.45, 7) is 4.31. The minimum atomic E-state index is -1.56. The zero-order valence-corrected chi connectivity index (χ0v) is 25.1. The first-order valence-electron chi connectivity index (χ1n) is 14.8. The Labute approximate surface area is 258 Å². The zero-order valence-electron chi connectivity index (χ0n) is 25.1. The molecule has 2 heterocycles. The van der Waals surface area contributed by atoms with Crippen LogP contribution in [0.1, 0.15) is 66.8 Å². The number of ether oxygens (including phenoxy) is 3. The Hall–Kier alpha value is -4.95. The number of benzene rings is 1. The Balaban J connectivity index is 1.64. The summed E-state index contributed by atoms with van der Waals surface area (Å²) in [6.07, 6.45) is -0.102. The standard InChI is InChI=1S/C30H36N4O11/c1-3-43-27(39)18-7-5-8-19-24(18)22(45-30(28(40)41)11-6-12-30)17-21(31-19)25(37)32-20(9-10-23(35)36)26(38)33-13-15-34(16-14-33)29(42)44-4-2/h5,7-8,17,20H,3-4,6,9-16H2,1-2H3,(H,32,37)(H,35,36)(H,40,41). The average Bonchev–Trinajstić information content (AvgIpc) is 3.00. The number of aromatic nitrogens is 1. The molecule has 2 aliphatic rings. The van der Waals surface area contributed by atoms with Crippen molar-refractivity contribution < 1.29 is 53.2 Å². The van der Waals surface area contributed by atoms with Gasteiger partial charge in [0.2, 0.25) is 11.5 Å². The minimum Gasteiger partial charge on any atom is -0.481 e. The van der Waals surface area contributed by atoms with Gasteiger partial charge in [0.1, 0.15) is 17.5 Å². The molecule has 15 nitrogen and oxygen atoms in total. The van der Waals surface area contributed by atoms with Gasteiger partial charge in [0.15, 0.2) is 0 Å². The van der Waals surface area contributed by atoms with Gasteiger partial charge in [0, 0.05) is 38.7 Å². The van der Waals surface area contributed by atoms with Gasteiger partial charge < -0.3 is 39.5 Å². The van der Waals surface area contributed by atoms with Gasteiger partial charge in [-0.1, -0.05) is 6.07 Å². The highest BCUT2D eigenvalue weighted by atomic mass is 16.6. The van der Waals surface area contributed by atoms with Crippen molar-refractivity contribution in [2.45, 2.75) is 57.6 Å². The van der Waals surface area contributed by atoms with Gasteiger partial charge >= 0.3 is 24.0 Å². The number of aliphatic carboxylic acids is 2. The average molecular weight is 629 g/mol. The van der Waals surface area contributed by atoms with Crippen LogP contribution < -0.4 is 10.1 Å². The molecule has 1 aliphatic carbocycles. The van der Waals surface area contributed by atoms with E-state index in [9.17, 15) is 39.0 Å². The van der Waals surface area contributed by atoms with E-state index in [-0.39, 0.29) is 86.6 Å². The largest absolute Gasteiger partial charge is 0.481 e. The number of hydrogen-bond donors (Lipinski definition) is 3. The predicted octanol–water partition coefficient (Wildman–Crippen LogP) is 2.06. The van der Waals surface area contributed by atoms with E-state index in [4.69, 9.17) is 14.2 Å². The molecular formula is C30H36N4O11. The summed E-state index contributed by atoms with van der Waals surface area (Å²) < 4.78 is 16.2. The summed E-state index contributed by atoms with van der Waals surface area (Å²) in [4.78, 5) is 82.7. The lowest BCUT2D eigenvalue weighted by Crippen LogP contribution is -2.56. The number of piperazine rings is 1. The van der Waals surface area contributed by atoms with E-state index in [2.05, 4.69) is 10.3 Å². The molecule has 242 valence electrons. The highest BCUT2D eigenvalue weighted by Gasteiger charge is 2.47.